The van der Waals surface area contributed by atoms with Crippen molar-refractivity contribution in [1.82, 2.24) is 5.48 Å². The molecule has 0 radical (unpaired) electrons. The van der Waals surface area contributed by atoms with Crippen molar-refractivity contribution in [3.8, 4) is 5.75 Å². The van der Waals surface area contributed by atoms with Crippen LogP contribution in [0.2, 0.25) is 5.02 Å². The molecule has 0 spiro atoms. The van der Waals surface area contributed by atoms with Gasteiger partial charge in [-0.05, 0) is 44.5 Å². The summed E-state index contributed by atoms with van der Waals surface area (Å²) in [6.07, 6.45) is -0.623. The van der Waals surface area contributed by atoms with Crippen LogP contribution in [0.4, 0.5) is 0 Å². The van der Waals surface area contributed by atoms with Crippen LogP contribution in [0.1, 0.15) is 19.4 Å². The smallest absolute Gasteiger partial charge is 0.284 e. The van der Waals surface area contributed by atoms with Crippen molar-refractivity contribution in [3.05, 3.63) is 28.8 Å². The first-order valence-corrected chi connectivity index (χ1v) is 5.76. The lowest BCUT2D eigenvalue weighted by Crippen LogP contribution is -2.36. The molecule has 0 heterocycles. The van der Waals surface area contributed by atoms with Gasteiger partial charge in [0.1, 0.15) is 5.75 Å². The SMILES string of the molecule is CCONC(=O)C(C)Oc1ccc(Cl)c(C)c1. The fourth-order valence-corrected chi connectivity index (χ4v) is 1.29. The third-order valence-corrected chi connectivity index (χ3v) is 2.55. The second-order valence-corrected chi connectivity index (χ2v) is 3.98. The number of hydrogen-bond donors (Lipinski definition) is 1. The number of nitrogens with one attached hydrogen (secondary N) is 1. The van der Waals surface area contributed by atoms with Gasteiger partial charge in [-0.15, -0.1) is 0 Å². The van der Waals surface area contributed by atoms with E-state index in [9.17, 15) is 4.79 Å². The predicted molar refractivity (Wildman–Crippen MR) is 66.0 cm³/mol. The van der Waals surface area contributed by atoms with Gasteiger partial charge in [-0.25, -0.2) is 5.48 Å². The van der Waals surface area contributed by atoms with E-state index in [4.69, 9.17) is 21.2 Å². The Morgan fingerprint density at radius 1 is 1.53 bits per heavy atom. The zero-order valence-corrected chi connectivity index (χ0v) is 10.9. The molecule has 94 valence electrons. The van der Waals surface area contributed by atoms with Crippen molar-refractivity contribution in [2.45, 2.75) is 26.9 Å². The summed E-state index contributed by atoms with van der Waals surface area (Å²) in [7, 11) is 0. The molecule has 0 saturated heterocycles. The van der Waals surface area contributed by atoms with Gasteiger partial charge in [0.2, 0.25) is 0 Å². The molecule has 1 N–H and O–H groups in total. The second kappa shape index (κ2) is 6.47. The van der Waals surface area contributed by atoms with Crippen LogP contribution >= 0.6 is 11.6 Å². The maximum atomic E-state index is 11.5. The average Bonchev–Trinajstić information content (AvgIpc) is 2.30. The highest BCUT2D eigenvalue weighted by atomic mass is 35.5. The topological polar surface area (TPSA) is 47.6 Å². The van der Waals surface area contributed by atoms with Gasteiger partial charge in [0.15, 0.2) is 6.10 Å². The number of hydroxylamine groups is 1. The molecule has 1 aromatic rings. The van der Waals surface area contributed by atoms with Crippen molar-refractivity contribution in [1.29, 1.82) is 0 Å². The number of hydrogen-bond acceptors (Lipinski definition) is 3. The Bertz CT molecular complexity index is 395. The number of ether oxygens (including phenoxy) is 1. The summed E-state index contributed by atoms with van der Waals surface area (Å²) in [6, 6.07) is 5.24. The number of aryl methyl sites for hydroxylation is 1. The first-order chi connectivity index (χ1) is 8.04. The molecular formula is C12H16ClNO3. The van der Waals surface area contributed by atoms with E-state index in [1.54, 1.807) is 32.0 Å². The number of carbonyl (C=O) groups is 1. The number of carbonyl (C=O) groups excluding carboxylic acids is 1. The van der Waals surface area contributed by atoms with Gasteiger partial charge in [-0.3, -0.25) is 9.63 Å². The lowest BCUT2D eigenvalue weighted by atomic mass is 10.2. The normalized spacial score (nSPS) is 12.0. The highest BCUT2D eigenvalue weighted by molar-refractivity contribution is 6.31. The fraction of sp³-hybridized carbons (Fsp3) is 0.417. The Morgan fingerprint density at radius 2 is 2.24 bits per heavy atom. The highest BCUT2D eigenvalue weighted by Crippen LogP contribution is 2.21. The van der Waals surface area contributed by atoms with E-state index in [0.29, 0.717) is 17.4 Å². The molecule has 0 aliphatic rings. The van der Waals surface area contributed by atoms with Crippen LogP contribution in [-0.4, -0.2) is 18.6 Å². The zero-order chi connectivity index (χ0) is 12.8. The van der Waals surface area contributed by atoms with Crippen molar-refractivity contribution in [3.63, 3.8) is 0 Å². The number of halogens is 1. The van der Waals surface area contributed by atoms with Gasteiger partial charge in [0, 0.05) is 5.02 Å². The van der Waals surface area contributed by atoms with Gasteiger partial charge in [-0.1, -0.05) is 11.6 Å². The summed E-state index contributed by atoms with van der Waals surface area (Å²) in [4.78, 5) is 16.3. The summed E-state index contributed by atoms with van der Waals surface area (Å²) in [5.74, 6) is 0.283. The molecule has 0 aliphatic carbocycles. The van der Waals surface area contributed by atoms with E-state index in [-0.39, 0.29) is 5.91 Å². The summed E-state index contributed by atoms with van der Waals surface area (Å²) < 4.78 is 5.46. The number of amides is 1. The molecular weight excluding hydrogens is 242 g/mol. The van der Waals surface area contributed by atoms with Crippen LogP contribution in [0, 0.1) is 6.92 Å². The Balaban J connectivity index is 2.58. The lowest BCUT2D eigenvalue weighted by Gasteiger charge is -2.14. The fourth-order valence-electron chi connectivity index (χ4n) is 1.17. The summed E-state index contributed by atoms with van der Waals surface area (Å²) in [5.41, 5.74) is 3.19. The summed E-state index contributed by atoms with van der Waals surface area (Å²) in [5, 5.41) is 0.670. The van der Waals surface area contributed by atoms with Crippen molar-refractivity contribution >= 4 is 17.5 Å². The first-order valence-electron chi connectivity index (χ1n) is 5.39. The molecule has 0 bridgehead atoms. The number of benzene rings is 1. The maximum Gasteiger partial charge on any atom is 0.284 e. The molecule has 1 amide bonds. The molecule has 1 aromatic carbocycles. The molecule has 0 aromatic heterocycles. The highest BCUT2D eigenvalue weighted by Gasteiger charge is 2.14. The molecule has 17 heavy (non-hydrogen) atoms. The van der Waals surface area contributed by atoms with Crippen molar-refractivity contribution in [2.75, 3.05) is 6.61 Å². The van der Waals surface area contributed by atoms with E-state index >= 15 is 0 Å². The minimum Gasteiger partial charge on any atom is -0.481 e. The van der Waals surface area contributed by atoms with Crippen LogP contribution in [0.25, 0.3) is 0 Å². The third kappa shape index (κ3) is 4.24. The lowest BCUT2D eigenvalue weighted by molar-refractivity contribution is -0.139. The molecule has 1 unspecified atom stereocenters. The van der Waals surface area contributed by atoms with Gasteiger partial charge in [0.05, 0.1) is 6.61 Å². The largest absolute Gasteiger partial charge is 0.481 e. The monoisotopic (exact) mass is 257 g/mol. The number of rotatable bonds is 5. The molecule has 4 nitrogen and oxygen atoms in total. The van der Waals surface area contributed by atoms with Gasteiger partial charge in [-0.2, -0.15) is 0 Å². The molecule has 1 atom stereocenters. The second-order valence-electron chi connectivity index (χ2n) is 3.57. The molecule has 5 heteroatoms. The summed E-state index contributed by atoms with van der Waals surface area (Å²) in [6.45, 7) is 5.73. The average molecular weight is 258 g/mol. The quantitative estimate of drug-likeness (QED) is 0.825. The summed E-state index contributed by atoms with van der Waals surface area (Å²) >= 11 is 5.89. The van der Waals surface area contributed by atoms with E-state index in [1.165, 1.54) is 0 Å². The van der Waals surface area contributed by atoms with Gasteiger partial charge in [0.25, 0.3) is 5.91 Å². The Morgan fingerprint density at radius 3 is 2.82 bits per heavy atom. The molecule has 0 fully saturated rings. The van der Waals surface area contributed by atoms with Crippen LogP contribution in [0.5, 0.6) is 5.75 Å². The van der Waals surface area contributed by atoms with Crippen LogP contribution in [0.3, 0.4) is 0 Å². The van der Waals surface area contributed by atoms with Crippen LogP contribution in [0.15, 0.2) is 18.2 Å². The predicted octanol–water partition coefficient (Wildman–Crippen LogP) is 2.48. The van der Waals surface area contributed by atoms with Crippen LogP contribution in [-0.2, 0) is 9.63 Å². The standard InChI is InChI=1S/C12H16ClNO3/c1-4-16-14-12(15)9(3)17-10-5-6-11(13)8(2)7-10/h5-7,9H,4H2,1-3H3,(H,14,15). The zero-order valence-electron chi connectivity index (χ0n) is 10.1. The van der Waals surface area contributed by atoms with Gasteiger partial charge < -0.3 is 4.74 Å². The minimum atomic E-state index is -0.623. The van der Waals surface area contributed by atoms with Crippen molar-refractivity contribution < 1.29 is 14.4 Å². The Hall–Kier alpha value is -1.26. The van der Waals surface area contributed by atoms with E-state index < -0.39 is 6.10 Å². The Labute approximate surface area is 106 Å². The third-order valence-electron chi connectivity index (χ3n) is 2.13. The Kier molecular flexibility index (Phi) is 5.25. The van der Waals surface area contributed by atoms with E-state index in [0.717, 1.165) is 5.56 Å². The molecule has 0 saturated carbocycles. The van der Waals surface area contributed by atoms with E-state index in [1.807, 2.05) is 6.92 Å². The maximum absolute atomic E-state index is 11.5. The minimum absolute atomic E-state index is 0.320. The van der Waals surface area contributed by atoms with Crippen LogP contribution < -0.4 is 10.2 Å². The van der Waals surface area contributed by atoms with Crippen molar-refractivity contribution in [2.24, 2.45) is 0 Å². The van der Waals surface area contributed by atoms with Gasteiger partial charge >= 0.3 is 0 Å². The molecule has 1 rings (SSSR count). The van der Waals surface area contributed by atoms with E-state index in [2.05, 4.69) is 5.48 Å². The first kappa shape index (κ1) is 13.8. The molecule has 0 aliphatic heterocycles.